The SMILES string of the molecule is NC(=S)c1ccc2c(c1)ncn2C1CC1. The van der Waals surface area contributed by atoms with Crippen molar-refractivity contribution in [2.75, 3.05) is 0 Å². The van der Waals surface area contributed by atoms with Crippen LogP contribution >= 0.6 is 12.2 Å². The van der Waals surface area contributed by atoms with Gasteiger partial charge in [-0.05, 0) is 31.0 Å². The zero-order valence-electron chi connectivity index (χ0n) is 8.18. The number of aromatic nitrogens is 2. The first-order valence-corrected chi connectivity index (χ1v) is 5.43. The molecule has 0 saturated heterocycles. The Bertz CT molecular complexity index is 540. The number of nitrogens with zero attached hydrogens (tertiary/aromatic N) is 2. The van der Waals surface area contributed by atoms with Gasteiger partial charge < -0.3 is 10.3 Å². The molecule has 2 N–H and O–H groups in total. The van der Waals surface area contributed by atoms with E-state index in [0.717, 1.165) is 11.1 Å². The number of rotatable bonds is 2. The number of hydrogen-bond acceptors (Lipinski definition) is 2. The van der Waals surface area contributed by atoms with Crippen LogP contribution in [0, 0.1) is 0 Å². The Morgan fingerprint density at radius 1 is 1.47 bits per heavy atom. The van der Waals surface area contributed by atoms with Crippen LogP contribution in [0.15, 0.2) is 24.5 Å². The minimum Gasteiger partial charge on any atom is -0.389 e. The Labute approximate surface area is 92.9 Å². The molecule has 1 aliphatic carbocycles. The summed E-state index contributed by atoms with van der Waals surface area (Å²) < 4.78 is 2.23. The molecule has 1 aliphatic rings. The first-order valence-electron chi connectivity index (χ1n) is 5.02. The number of fused-ring (bicyclic) bond motifs is 1. The maximum absolute atomic E-state index is 5.58. The van der Waals surface area contributed by atoms with Crippen molar-refractivity contribution in [3.05, 3.63) is 30.1 Å². The Morgan fingerprint density at radius 3 is 2.93 bits per heavy atom. The van der Waals surface area contributed by atoms with Gasteiger partial charge in [-0.25, -0.2) is 4.98 Å². The number of hydrogen-bond donors (Lipinski definition) is 1. The van der Waals surface area contributed by atoms with Crippen molar-refractivity contribution < 1.29 is 0 Å². The second-order valence-corrected chi connectivity index (χ2v) is 4.39. The summed E-state index contributed by atoms with van der Waals surface area (Å²) in [4.78, 5) is 4.80. The van der Waals surface area contributed by atoms with Gasteiger partial charge in [0.15, 0.2) is 0 Å². The van der Waals surface area contributed by atoms with E-state index in [9.17, 15) is 0 Å². The van der Waals surface area contributed by atoms with Gasteiger partial charge in [0.25, 0.3) is 0 Å². The van der Waals surface area contributed by atoms with E-state index in [-0.39, 0.29) is 0 Å². The summed E-state index contributed by atoms with van der Waals surface area (Å²) in [5.41, 5.74) is 8.63. The summed E-state index contributed by atoms with van der Waals surface area (Å²) in [6.07, 6.45) is 4.44. The van der Waals surface area contributed by atoms with Crippen LogP contribution < -0.4 is 5.73 Å². The maximum Gasteiger partial charge on any atom is 0.104 e. The zero-order valence-corrected chi connectivity index (χ0v) is 9.00. The van der Waals surface area contributed by atoms with Crippen molar-refractivity contribution in [2.24, 2.45) is 5.73 Å². The lowest BCUT2D eigenvalue weighted by Crippen LogP contribution is -2.08. The summed E-state index contributed by atoms with van der Waals surface area (Å²) >= 11 is 4.94. The smallest absolute Gasteiger partial charge is 0.104 e. The molecule has 4 heteroatoms. The predicted octanol–water partition coefficient (Wildman–Crippen LogP) is 2.01. The number of nitrogens with two attached hydrogens (primary N) is 1. The summed E-state index contributed by atoms with van der Waals surface area (Å²) in [5.74, 6) is 0. The van der Waals surface area contributed by atoms with Gasteiger partial charge in [0.1, 0.15) is 4.99 Å². The predicted molar refractivity (Wildman–Crippen MR) is 63.9 cm³/mol. The van der Waals surface area contributed by atoms with E-state index in [4.69, 9.17) is 18.0 Å². The lowest BCUT2D eigenvalue weighted by atomic mass is 10.2. The Kier molecular flexibility index (Phi) is 1.79. The summed E-state index contributed by atoms with van der Waals surface area (Å²) in [7, 11) is 0. The van der Waals surface area contributed by atoms with Crippen LogP contribution in [0.5, 0.6) is 0 Å². The van der Waals surface area contributed by atoms with Crippen LogP contribution in [-0.4, -0.2) is 14.5 Å². The molecule has 1 aromatic carbocycles. The van der Waals surface area contributed by atoms with Crippen molar-refractivity contribution in [2.45, 2.75) is 18.9 Å². The lowest BCUT2D eigenvalue weighted by molar-refractivity contribution is 0.766. The number of imidazole rings is 1. The molecule has 0 amide bonds. The minimum absolute atomic E-state index is 0.429. The standard InChI is InChI=1S/C11H11N3S/c12-11(15)7-1-4-10-9(5-7)13-6-14(10)8-2-3-8/h1,4-6,8H,2-3H2,(H2,12,15). The molecule has 3 nitrogen and oxygen atoms in total. The second kappa shape index (κ2) is 3.03. The third-order valence-electron chi connectivity index (χ3n) is 2.80. The number of thiocarbonyl (C=S) groups is 1. The molecular weight excluding hydrogens is 206 g/mol. The summed E-state index contributed by atoms with van der Waals surface area (Å²) in [5, 5.41) is 0. The Balaban J connectivity index is 2.17. The monoisotopic (exact) mass is 217 g/mol. The van der Waals surface area contributed by atoms with Gasteiger partial charge in [0.05, 0.1) is 17.4 Å². The van der Waals surface area contributed by atoms with E-state index in [1.807, 2.05) is 18.5 Å². The van der Waals surface area contributed by atoms with Crippen molar-refractivity contribution >= 4 is 28.2 Å². The normalized spacial score (nSPS) is 15.7. The second-order valence-electron chi connectivity index (χ2n) is 3.95. The van der Waals surface area contributed by atoms with E-state index < -0.39 is 0 Å². The molecule has 0 bridgehead atoms. The van der Waals surface area contributed by atoms with Crippen molar-refractivity contribution in [3.63, 3.8) is 0 Å². The molecule has 0 radical (unpaired) electrons. The van der Waals surface area contributed by atoms with Crippen LogP contribution in [-0.2, 0) is 0 Å². The van der Waals surface area contributed by atoms with E-state index in [1.54, 1.807) is 0 Å². The summed E-state index contributed by atoms with van der Waals surface area (Å²) in [6.45, 7) is 0. The maximum atomic E-state index is 5.58. The highest BCUT2D eigenvalue weighted by molar-refractivity contribution is 7.80. The number of benzene rings is 1. The fraction of sp³-hybridized carbons (Fsp3) is 0.273. The first-order chi connectivity index (χ1) is 7.25. The van der Waals surface area contributed by atoms with Crippen molar-refractivity contribution in [1.29, 1.82) is 0 Å². The molecular formula is C11H11N3S. The third-order valence-corrected chi connectivity index (χ3v) is 3.04. The molecule has 3 rings (SSSR count). The molecule has 1 fully saturated rings. The molecule has 1 heterocycles. The van der Waals surface area contributed by atoms with E-state index in [0.29, 0.717) is 11.0 Å². The average Bonchev–Trinajstić information content (AvgIpc) is 2.98. The van der Waals surface area contributed by atoms with Crippen LogP contribution in [0.4, 0.5) is 0 Å². The molecule has 0 spiro atoms. The fourth-order valence-electron chi connectivity index (χ4n) is 1.83. The Hall–Kier alpha value is -1.42. The third kappa shape index (κ3) is 1.41. The van der Waals surface area contributed by atoms with Gasteiger partial charge in [0, 0.05) is 11.6 Å². The molecule has 0 aliphatic heterocycles. The van der Waals surface area contributed by atoms with Crippen LogP contribution in [0.3, 0.4) is 0 Å². The molecule has 0 unspecified atom stereocenters. The Morgan fingerprint density at radius 2 is 2.27 bits per heavy atom. The van der Waals surface area contributed by atoms with Crippen LogP contribution in [0.2, 0.25) is 0 Å². The topological polar surface area (TPSA) is 43.8 Å². The zero-order chi connectivity index (χ0) is 10.4. The molecule has 0 atom stereocenters. The van der Waals surface area contributed by atoms with Crippen molar-refractivity contribution in [3.8, 4) is 0 Å². The van der Waals surface area contributed by atoms with Gasteiger partial charge in [0.2, 0.25) is 0 Å². The van der Waals surface area contributed by atoms with Crippen molar-refractivity contribution in [1.82, 2.24) is 9.55 Å². The quantitative estimate of drug-likeness (QED) is 0.782. The highest BCUT2D eigenvalue weighted by Gasteiger charge is 2.24. The van der Waals surface area contributed by atoms with Gasteiger partial charge in [-0.3, -0.25) is 0 Å². The van der Waals surface area contributed by atoms with Crippen LogP contribution in [0.1, 0.15) is 24.4 Å². The molecule has 1 saturated carbocycles. The minimum atomic E-state index is 0.429. The summed E-state index contributed by atoms with van der Waals surface area (Å²) in [6, 6.07) is 6.63. The van der Waals surface area contributed by atoms with E-state index in [2.05, 4.69) is 15.6 Å². The largest absolute Gasteiger partial charge is 0.389 e. The molecule has 15 heavy (non-hydrogen) atoms. The highest BCUT2D eigenvalue weighted by atomic mass is 32.1. The highest BCUT2D eigenvalue weighted by Crippen LogP contribution is 2.37. The van der Waals surface area contributed by atoms with Gasteiger partial charge >= 0.3 is 0 Å². The van der Waals surface area contributed by atoms with Gasteiger partial charge in [-0.2, -0.15) is 0 Å². The molecule has 1 aromatic heterocycles. The van der Waals surface area contributed by atoms with Crippen LogP contribution in [0.25, 0.3) is 11.0 Å². The fourth-order valence-corrected chi connectivity index (χ4v) is 1.96. The van der Waals surface area contributed by atoms with Gasteiger partial charge in [-0.1, -0.05) is 12.2 Å². The first kappa shape index (κ1) is 8.85. The molecule has 76 valence electrons. The molecule has 2 aromatic rings. The van der Waals surface area contributed by atoms with Gasteiger partial charge in [-0.15, -0.1) is 0 Å². The lowest BCUT2D eigenvalue weighted by Gasteiger charge is -2.01. The average molecular weight is 217 g/mol. The van der Waals surface area contributed by atoms with E-state index in [1.165, 1.54) is 18.4 Å². The van der Waals surface area contributed by atoms with E-state index >= 15 is 0 Å².